The number of anilines is 1. The normalized spacial score (nSPS) is 13.0. The Balaban J connectivity index is 1.72. The molecule has 3 aromatic rings. The number of hydrogen-bond donors (Lipinski definition) is 2. The molecule has 0 aliphatic carbocycles. The van der Waals surface area contributed by atoms with Crippen LogP contribution >= 0.6 is 0 Å². The number of rotatable bonds is 4. The van der Waals surface area contributed by atoms with Gasteiger partial charge >= 0.3 is 6.18 Å². The lowest BCUT2D eigenvalue weighted by atomic mass is 10.00. The topological polar surface area (TPSA) is 57.8 Å². The fraction of sp³-hybridized carbons (Fsp3) is 0.222. The molecule has 0 amide bonds. The molecule has 0 spiro atoms. The van der Waals surface area contributed by atoms with E-state index in [9.17, 15) is 18.0 Å². The van der Waals surface area contributed by atoms with E-state index in [4.69, 9.17) is 0 Å². The predicted molar refractivity (Wildman–Crippen MR) is 90.7 cm³/mol. The Morgan fingerprint density at radius 3 is 2.48 bits per heavy atom. The number of nitrogens with zero attached hydrogens (tertiary/aromatic N) is 1. The van der Waals surface area contributed by atoms with Crippen LogP contribution in [0.3, 0.4) is 0 Å². The molecule has 0 bridgehead atoms. The summed E-state index contributed by atoms with van der Waals surface area (Å²) in [6, 6.07) is 12.1. The zero-order chi connectivity index (χ0) is 18.0. The maximum atomic E-state index is 12.6. The number of fused-ring (bicyclic) bond motifs is 1. The third-order valence-electron chi connectivity index (χ3n) is 4.00. The summed E-state index contributed by atoms with van der Waals surface area (Å²) in [4.78, 5) is 19.0. The number of alkyl halides is 3. The van der Waals surface area contributed by atoms with Crippen LogP contribution in [0.2, 0.25) is 0 Å². The van der Waals surface area contributed by atoms with Crippen LogP contribution in [0.4, 0.5) is 19.1 Å². The van der Waals surface area contributed by atoms with Crippen LogP contribution in [0.5, 0.6) is 0 Å². The Labute approximate surface area is 141 Å². The van der Waals surface area contributed by atoms with E-state index >= 15 is 0 Å². The van der Waals surface area contributed by atoms with E-state index in [0.29, 0.717) is 23.4 Å². The summed E-state index contributed by atoms with van der Waals surface area (Å²) >= 11 is 0. The molecule has 2 N–H and O–H groups in total. The number of nitrogens with one attached hydrogen (secondary N) is 2. The molecule has 1 heterocycles. The van der Waals surface area contributed by atoms with Crippen molar-refractivity contribution in [1.29, 1.82) is 0 Å². The van der Waals surface area contributed by atoms with E-state index in [1.807, 2.05) is 6.92 Å². The van der Waals surface area contributed by atoms with Gasteiger partial charge < -0.3 is 5.32 Å². The van der Waals surface area contributed by atoms with Gasteiger partial charge in [0.25, 0.3) is 5.56 Å². The number of aromatic nitrogens is 2. The van der Waals surface area contributed by atoms with Gasteiger partial charge in [-0.3, -0.25) is 9.78 Å². The van der Waals surface area contributed by atoms with Gasteiger partial charge in [-0.15, -0.1) is 0 Å². The van der Waals surface area contributed by atoms with E-state index in [0.717, 1.165) is 17.7 Å². The monoisotopic (exact) mass is 347 g/mol. The Morgan fingerprint density at radius 1 is 1.12 bits per heavy atom. The fourth-order valence-electron chi connectivity index (χ4n) is 2.54. The summed E-state index contributed by atoms with van der Waals surface area (Å²) in [5.74, 6) is 0.279. The lowest BCUT2D eigenvalue weighted by Crippen LogP contribution is -2.16. The van der Waals surface area contributed by atoms with Gasteiger partial charge in [0.15, 0.2) is 0 Å². The Kier molecular flexibility index (Phi) is 4.48. The van der Waals surface area contributed by atoms with Crippen molar-refractivity contribution in [2.24, 2.45) is 0 Å². The minimum Gasteiger partial charge on any atom is -0.355 e. The number of H-pyrrole nitrogens is 1. The number of benzene rings is 2. The molecule has 1 atom stereocenters. The van der Waals surface area contributed by atoms with Crippen LogP contribution < -0.4 is 10.9 Å². The minimum absolute atomic E-state index is 0.0564. The van der Waals surface area contributed by atoms with E-state index < -0.39 is 11.7 Å². The summed E-state index contributed by atoms with van der Waals surface area (Å²) in [5.41, 5.74) is 0.437. The summed E-state index contributed by atoms with van der Waals surface area (Å²) in [7, 11) is 0. The van der Waals surface area contributed by atoms with E-state index in [-0.39, 0.29) is 11.5 Å². The minimum atomic E-state index is -4.34. The highest BCUT2D eigenvalue weighted by molar-refractivity contribution is 5.78. The highest BCUT2D eigenvalue weighted by Crippen LogP contribution is 2.30. The standard InChI is InChI=1S/C18H16F3N3O/c1-11(12-6-8-13(9-7-12)18(19,20)21)10-22-17-23-15-5-3-2-4-14(15)16(25)24-17/h2-9,11H,10H2,1H3,(H2,22,23,24,25). The third kappa shape index (κ3) is 3.81. The van der Waals surface area contributed by atoms with Gasteiger partial charge in [-0.2, -0.15) is 13.2 Å². The van der Waals surface area contributed by atoms with Crippen molar-refractivity contribution in [2.75, 3.05) is 11.9 Å². The van der Waals surface area contributed by atoms with Crippen LogP contribution in [-0.2, 0) is 6.18 Å². The summed E-state index contributed by atoms with van der Waals surface area (Å²) in [5, 5.41) is 3.54. The van der Waals surface area contributed by atoms with Crippen LogP contribution in [-0.4, -0.2) is 16.5 Å². The molecule has 0 saturated heterocycles. The van der Waals surface area contributed by atoms with Gasteiger partial charge in [-0.1, -0.05) is 31.2 Å². The molecule has 2 aromatic carbocycles. The van der Waals surface area contributed by atoms with Crippen LogP contribution in [0, 0.1) is 0 Å². The summed E-state index contributed by atoms with van der Waals surface area (Å²) < 4.78 is 37.8. The third-order valence-corrected chi connectivity index (χ3v) is 4.00. The Bertz CT molecular complexity index is 933. The van der Waals surface area contributed by atoms with Crippen molar-refractivity contribution in [2.45, 2.75) is 19.0 Å². The average Bonchev–Trinajstić information content (AvgIpc) is 2.59. The van der Waals surface area contributed by atoms with Gasteiger partial charge in [0.1, 0.15) is 0 Å². The zero-order valence-electron chi connectivity index (χ0n) is 13.4. The highest BCUT2D eigenvalue weighted by Gasteiger charge is 2.30. The van der Waals surface area contributed by atoms with Gasteiger partial charge in [0.2, 0.25) is 5.95 Å². The first-order valence-corrected chi connectivity index (χ1v) is 7.74. The van der Waals surface area contributed by atoms with Gasteiger partial charge in [0.05, 0.1) is 16.5 Å². The molecule has 0 saturated carbocycles. The molecule has 130 valence electrons. The largest absolute Gasteiger partial charge is 0.416 e. The molecule has 7 heteroatoms. The van der Waals surface area contributed by atoms with Crippen LogP contribution in [0.1, 0.15) is 24.0 Å². The van der Waals surface area contributed by atoms with Crippen LogP contribution in [0.25, 0.3) is 10.9 Å². The van der Waals surface area contributed by atoms with Crippen LogP contribution in [0.15, 0.2) is 53.3 Å². The van der Waals surface area contributed by atoms with Gasteiger partial charge in [-0.25, -0.2) is 4.98 Å². The molecule has 3 rings (SSSR count). The van der Waals surface area contributed by atoms with Gasteiger partial charge in [-0.05, 0) is 35.7 Å². The average molecular weight is 347 g/mol. The molecular weight excluding hydrogens is 331 g/mol. The Hall–Kier alpha value is -2.83. The van der Waals surface area contributed by atoms with Crippen molar-refractivity contribution in [1.82, 2.24) is 9.97 Å². The molecule has 0 aliphatic rings. The van der Waals surface area contributed by atoms with E-state index in [1.54, 1.807) is 24.3 Å². The lowest BCUT2D eigenvalue weighted by Gasteiger charge is -2.15. The summed E-state index contributed by atoms with van der Waals surface area (Å²) in [6.45, 7) is 2.31. The smallest absolute Gasteiger partial charge is 0.355 e. The van der Waals surface area contributed by atoms with E-state index in [2.05, 4.69) is 15.3 Å². The maximum absolute atomic E-state index is 12.6. The molecule has 1 unspecified atom stereocenters. The summed E-state index contributed by atoms with van der Waals surface area (Å²) in [6.07, 6.45) is -4.34. The second-order valence-electron chi connectivity index (χ2n) is 5.83. The SMILES string of the molecule is CC(CNc1nc2ccccc2c(=O)[nH]1)c1ccc(C(F)(F)F)cc1. The molecular formula is C18H16F3N3O. The fourth-order valence-corrected chi connectivity index (χ4v) is 2.54. The second kappa shape index (κ2) is 6.58. The lowest BCUT2D eigenvalue weighted by molar-refractivity contribution is -0.137. The molecule has 4 nitrogen and oxygen atoms in total. The van der Waals surface area contributed by atoms with Crippen molar-refractivity contribution in [3.63, 3.8) is 0 Å². The second-order valence-corrected chi connectivity index (χ2v) is 5.83. The van der Waals surface area contributed by atoms with Crippen molar-refractivity contribution < 1.29 is 13.2 Å². The maximum Gasteiger partial charge on any atom is 0.416 e. The molecule has 25 heavy (non-hydrogen) atoms. The number of para-hydroxylation sites is 1. The highest BCUT2D eigenvalue weighted by atomic mass is 19.4. The predicted octanol–water partition coefficient (Wildman–Crippen LogP) is 4.16. The van der Waals surface area contributed by atoms with Crippen molar-refractivity contribution >= 4 is 16.9 Å². The first-order chi connectivity index (χ1) is 11.8. The number of aromatic amines is 1. The quantitative estimate of drug-likeness (QED) is 0.745. The molecule has 1 aromatic heterocycles. The molecule has 0 aliphatic heterocycles. The first-order valence-electron chi connectivity index (χ1n) is 7.74. The zero-order valence-corrected chi connectivity index (χ0v) is 13.4. The molecule has 0 radical (unpaired) electrons. The van der Waals surface area contributed by atoms with E-state index in [1.165, 1.54) is 12.1 Å². The number of hydrogen-bond acceptors (Lipinski definition) is 3. The van der Waals surface area contributed by atoms with Crippen molar-refractivity contribution in [3.8, 4) is 0 Å². The Morgan fingerprint density at radius 2 is 1.80 bits per heavy atom. The van der Waals surface area contributed by atoms with Crippen molar-refractivity contribution in [3.05, 3.63) is 70.0 Å². The molecule has 0 fully saturated rings. The first kappa shape index (κ1) is 17.0. The van der Waals surface area contributed by atoms with Gasteiger partial charge in [0, 0.05) is 6.54 Å². The number of halogens is 3.